The van der Waals surface area contributed by atoms with Gasteiger partial charge in [0.25, 0.3) is 0 Å². The monoisotopic (exact) mass is 115 g/mol. The molecule has 0 aliphatic heterocycles. The molecule has 1 N–H and O–H groups in total. The molecule has 0 amide bonds. The van der Waals surface area contributed by atoms with Crippen molar-refractivity contribution in [2.45, 2.75) is 25.9 Å². The Labute approximate surface area is 49.5 Å². The number of rotatable bonds is 3. The van der Waals surface area contributed by atoms with Crippen molar-refractivity contribution < 1.29 is 9.90 Å². The van der Waals surface area contributed by atoms with Crippen LogP contribution in [0, 0.1) is 6.92 Å². The van der Waals surface area contributed by atoms with E-state index in [2.05, 4.69) is 6.92 Å². The van der Waals surface area contributed by atoms with E-state index in [1.165, 1.54) is 0 Å². The highest BCUT2D eigenvalue weighted by Gasteiger charge is 2.07. The lowest BCUT2D eigenvalue weighted by molar-refractivity contribution is -0.126. The molecule has 1 unspecified atom stereocenters. The number of hydrogen-bond acceptors (Lipinski definition) is 2. The number of Topliss-reactive ketones (excluding diaryl/α,β-unsaturated/α-hetero) is 1. The van der Waals surface area contributed by atoms with Gasteiger partial charge in [0.05, 0.1) is 0 Å². The van der Waals surface area contributed by atoms with Gasteiger partial charge < -0.3 is 5.11 Å². The van der Waals surface area contributed by atoms with Gasteiger partial charge in [0.15, 0.2) is 5.78 Å². The zero-order chi connectivity index (χ0) is 6.57. The smallest absolute Gasteiger partial charge is 0.160 e. The average Bonchev–Trinajstić information content (AvgIpc) is 1.84. The quantitative estimate of drug-likeness (QED) is 0.583. The Morgan fingerprint density at radius 1 is 1.88 bits per heavy atom. The van der Waals surface area contributed by atoms with Crippen LogP contribution >= 0.6 is 0 Å². The summed E-state index contributed by atoms with van der Waals surface area (Å²) in [4.78, 5) is 10.5. The maximum absolute atomic E-state index is 10.5. The molecule has 1 atom stereocenters. The Morgan fingerprint density at radius 2 is 2.38 bits per heavy atom. The third-order valence-corrected chi connectivity index (χ3v) is 0.994. The number of hydrogen-bond donors (Lipinski definition) is 1. The number of carbonyl (C=O) groups is 1. The molecule has 0 fully saturated rings. The summed E-state index contributed by atoms with van der Waals surface area (Å²) >= 11 is 0. The average molecular weight is 115 g/mol. The Morgan fingerprint density at radius 3 is 2.50 bits per heavy atom. The lowest BCUT2D eigenvalue weighted by atomic mass is 10.1. The van der Waals surface area contributed by atoms with Crippen molar-refractivity contribution in [1.29, 1.82) is 0 Å². The van der Waals surface area contributed by atoms with Crippen molar-refractivity contribution in [3.8, 4) is 0 Å². The minimum absolute atomic E-state index is 0.125. The highest BCUT2D eigenvalue weighted by Crippen LogP contribution is 1.93. The van der Waals surface area contributed by atoms with Crippen LogP contribution in [0.4, 0.5) is 0 Å². The van der Waals surface area contributed by atoms with Crippen LogP contribution in [-0.4, -0.2) is 17.0 Å². The van der Waals surface area contributed by atoms with Gasteiger partial charge in [-0.3, -0.25) is 4.79 Å². The van der Waals surface area contributed by atoms with Gasteiger partial charge in [0.2, 0.25) is 0 Å². The van der Waals surface area contributed by atoms with Crippen LogP contribution in [0.15, 0.2) is 0 Å². The summed E-state index contributed by atoms with van der Waals surface area (Å²) in [6.07, 6.45) is -0.149. The normalized spacial score (nSPS) is 13.4. The molecule has 0 aromatic carbocycles. The zero-order valence-corrected chi connectivity index (χ0v) is 5.05. The van der Waals surface area contributed by atoms with Crippen LogP contribution in [0.3, 0.4) is 0 Å². The summed E-state index contributed by atoms with van der Waals surface area (Å²) in [6.45, 7) is 5.11. The first-order valence-electron chi connectivity index (χ1n) is 2.72. The summed E-state index contributed by atoms with van der Waals surface area (Å²) in [5.41, 5.74) is 0. The fourth-order valence-corrected chi connectivity index (χ4v) is 0.397. The summed E-state index contributed by atoms with van der Waals surface area (Å²) in [6, 6.07) is 0. The third-order valence-electron chi connectivity index (χ3n) is 0.994. The van der Waals surface area contributed by atoms with Gasteiger partial charge in [0, 0.05) is 6.42 Å². The van der Waals surface area contributed by atoms with E-state index in [-0.39, 0.29) is 12.2 Å². The maximum atomic E-state index is 10.5. The van der Waals surface area contributed by atoms with Crippen LogP contribution in [-0.2, 0) is 4.79 Å². The van der Waals surface area contributed by atoms with Crippen molar-refractivity contribution in [3.05, 3.63) is 6.92 Å². The largest absolute Gasteiger partial charge is 0.385 e. The lowest BCUT2D eigenvalue weighted by Crippen LogP contribution is -2.17. The molecule has 0 aromatic heterocycles. The first-order chi connectivity index (χ1) is 3.72. The van der Waals surface area contributed by atoms with E-state index in [0.717, 1.165) is 0 Å². The molecule has 47 valence electrons. The highest BCUT2D eigenvalue weighted by atomic mass is 16.3. The minimum atomic E-state index is -0.833. The second-order valence-corrected chi connectivity index (χ2v) is 1.62. The van der Waals surface area contributed by atoms with E-state index in [9.17, 15) is 4.79 Å². The Balaban J connectivity index is 3.46. The number of carbonyl (C=O) groups excluding carboxylic acids is 1. The maximum Gasteiger partial charge on any atom is 0.160 e. The second kappa shape index (κ2) is 3.61. The Bertz CT molecular complexity index is 78.6. The molecule has 8 heavy (non-hydrogen) atoms. The molecular formula is C6H11O2. The first-order valence-corrected chi connectivity index (χ1v) is 2.72. The van der Waals surface area contributed by atoms with Gasteiger partial charge in [-0.05, 0) is 6.42 Å². The van der Waals surface area contributed by atoms with Crippen LogP contribution in [0.1, 0.15) is 19.8 Å². The summed E-state index contributed by atoms with van der Waals surface area (Å²) in [7, 11) is 0. The lowest BCUT2D eigenvalue weighted by Gasteiger charge is -2.01. The number of aliphatic hydroxyl groups is 1. The summed E-state index contributed by atoms with van der Waals surface area (Å²) < 4.78 is 0. The molecule has 0 rings (SSSR count). The van der Waals surface area contributed by atoms with Crippen molar-refractivity contribution in [1.82, 2.24) is 0 Å². The number of ketones is 1. The molecule has 0 aliphatic carbocycles. The SMILES string of the molecule is [CH2]CC(O)C(=O)CC. The predicted octanol–water partition coefficient (Wildman–Crippen LogP) is 0.551. The minimum Gasteiger partial charge on any atom is -0.385 e. The van der Waals surface area contributed by atoms with E-state index >= 15 is 0 Å². The van der Waals surface area contributed by atoms with Gasteiger partial charge in [-0.25, -0.2) is 0 Å². The second-order valence-electron chi connectivity index (χ2n) is 1.62. The van der Waals surface area contributed by atoms with Gasteiger partial charge in [-0.1, -0.05) is 13.8 Å². The van der Waals surface area contributed by atoms with Gasteiger partial charge in [-0.2, -0.15) is 0 Å². The predicted molar refractivity (Wildman–Crippen MR) is 31.3 cm³/mol. The molecular weight excluding hydrogens is 104 g/mol. The molecule has 0 saturated carbocycles. The van der Waals surface area contributed by atoms with Crippen LogP contribution in [0.2, 0.25) is 0 Å². The Hall–Kier alpha value is -0.370. The molecule has 2 nitrogen and oxygen atoms in total. The molecule has 0 aliphatic rings. The van der Waals surface area contributed by atoms with Crippen LogP contribution < -0.4 is 0 Å². The van der Waals surface area contributed by atoms with E-state index in [0.29, 0.717) is 6.42 Å². The molecule has 0 saturated heterocycles. The first kappa shape index (κ1) is 7.63. The topological polar surface area (TPSA) is 37.3 Å². The van der Waals surface area contributed by atoms with Crippen LogP contribution in [0.5, 0.6) is 0 Å². The van der Waals surface area contributed by atoms with Crippen molar-refractivity contribution in [3.63, 3.8) is 0 Å². The zero-order valence-electron chi connectivity index (χ0n) is 5.05. The molecule has 0 heterocycles. The van der Waals surface area contributed by atoms with E-state index in [4.69, 9.17) is 5.11 Å². The molecule has 2 heteroatoms. The molecule has 0 spiro atoms. The highest BCUT2D eigenvalue weighted by molar-refractivity contribution is 5.82. The third kappa shape index (κ3) is 2.07. The summed E-state index contributed by atoms with van der Waals surface area (Å²) in [5.74, 6) is -0.125. The fourth-order valence-electron chi connectivity index (χ4n) is 0.397. The standard InChI is InChI=1S/C6H11O2/c1-3-5(7)6(8)4-2/h5,7H,1,3-4H2,2H3. The Kier molecular flexibility index (Phi) is 3.44. The fraction of sp³-hybridized carbons (Fsp3) is 0.667. The van der Waals surface area contributed by atoms with Crippen LogP contribution in [0.25, 0.3) is 0 Å². The molecule has 0 aromatic rings. The molecule has 0 bridgehead atoms. The van der Waals surface area contributed by atoms with Gasteiger partial charge in [0.1, 0.15) is 6.10 Å². The molecule has 1 radical (unpaired) electrons. The van der Waals surface area contributed by atoms with Crippen molar-refractivity contribution in [2.24, 2.45) is 0 Å². The number of aliphatic hydroxyl groups excluding tert-OH is 1. The van der Waals surface area contributed by atoms with E-state index < -0.39 is 6.10 Å². The summed E-state index contributed by atoms with van der Waals surface area (Å²) in [5, 5.41) is 8.71. The van der Waals surface area contributed by atoms with Gasteiger partial charge >= 0.3 is 0 Å². The van der Waals surface area contributed by atoms with E-state index in [1.54, 1.807) is 6.92 Å². The van der Waals surface area contributed by atoms with E-state index in [1.807, 2.05) is 0 Å². The van der Waals surface area contributed by atoms with Crippen molar-refractivity contribution in [2.75, 3.05) is 0 Å². The van der Waals surface area contributed by atoms with Crippen molar-refractivity contribution >= 4 is 5.78 Å². The van der Waals surface area contributed by atoms with Gasteiger partial charge in [-0.15, -0.1) is 0 Å².